The SMILES string of the molecule is CC1CCCCC1.CCOC(c1cccnc1)c1nc2cc(-c3noc(=O)[nH]3)nc(-c3cncc(Cl)c3)c2n1C. The molecule has 5 heterocycles. The minimum Gasteiger partial charge on any atom is -0.366 e. The Kier molecular flexibility index (Phi) is 8.66. The second-order valence-corrected chi connectivity index (χ2v) is 10.4. The zero-order valence-electron chi connectivity index (χ0n) is 22.8. The summed E-state index contributed by atoms with van der Waals surface area (Å²) in [5.74, 6) is 1.23. The molecule has 6 rings (SSSR count). The number of hydrogen-bond donors (Lipinski definition) is 1. The van der Waals surface area contributed by atoms with Gasteiger partial charge in [0.2, 0.25) is 5.82 Å². The Balaban J connectivity index is 0.000000403. The van der Waals surface area contributed by atoms with Crippen LogP contribution < -0.4 is 5.76 Å². The van der Waals surface area contributed by atoms with Crippen LogP contribution in [0.5, 0.6) is 0 Å². The first-order valence-corrected chi connectivity index (χ1v) is 13.9. The van der Waals surface area contributed by atoms with Crippen molar-refractivity contribution < 1.29 is 9.26 Å². The van der Waals surface area contributed by atoms with E-state index in [1.165, 1.54) is 32.1 Å². The van der Waals surface area contributed by atoms with Gasteiger partial charge in [-0.25, -0.2) is 14.8 Å². The van der Waals surface area contributed by atoms with Gasteiger partial charge in [-0.05, 0) is 31.0 Å². The van der Waals surface area contributed by atoms with E-state index in [1.54, 1.807) is 36.9 Å². The normalized spacial score (nSPS) is 14.6. The minimum atomic E-state index is -0.674. The van der Waals surface area contributed by atoms with Crippen LogP contribution in [0.25, 0.3) is 33.8 Å². The summed E-state index contributed by atoms with van der Waals surface area (Å²) in [6, 6.07) is 7.30. The summed E-state index contributed by atoms with van der Waals surface area (Å²) >= 11 is 6.21. The number of fused-ring (bicyclic) bond motifs is 1. The molecule has 0 bridgehead atoms. The molecule has 1 saturated carbocycles. The van der Waals surface area contributed by atoms with Crippen LogP contribution in [0.2, 0.25) is 5.02 Å². The number of nitrogens with zero attached hydrogens (tertiary/aromatic N) is 6. The van der Waals surface area contributed by atoms with Crippen molar-refractivity contribution in [2.45, 2.75) is 52.1 Å². The van der Waals surface area contributed by atoms with E-state index in [9.17, 15) is 4.79 Å². The second-order valence-electron chi connectivity index (χ2n) is 9.95. The molecule has 0 aliphatic heterocycles. The van der Waals surface area contributed by atoms with Crippen molar-refractivity contribution in [3.8, 4) is 22.8 Å². The highest BCUT2D eigenvalue weighted by Crippen LogP contribution is 2.34. The van der Waals surface area contributed by atoms with Crippen LogP contribution in [-0.4, -0.2) is 41.3 Å². The predicted molar refractivity (Wildman–Crippen MR) is 153 cm³/mol. The van der Waals surface area contributed by atoms with Crippen molar-refractivity contribution in [1.82, 2.24) is 34.6 Å². The lowest BCUT2D eigenvalue weighted by molar-refractivity contribution is 0.0833. The maximum atomic E-state index is 11.5. The number of imidazole rings is 1. The summed E-state index contributed by atoms with van der Waals surface area (Å²) in [6.07, 6.45) is 13.7. The molecule has 1 atom stereocenters. The Morgan fingerprint density at radius 1 is 1.15 bits per heavy atom. The summed E-state index contributed by atoms with van der Waals surface area (Å²) in [4.78, 5) is 32.1. The maximum Gasteiger partial charge on any atom is 0.439 e. The van der Waals surface area contributed by atoms with Gasteiger partial charge in [-0.3, -0.25) is 19.5 Å². The number of rotatable bonds is 6. The topological polar surface area (TPSA) is 125 Å². The number of hydrogen-bond acceptors (Lipinski definition) is 8. The molecule has 5 aromatic rings. The van der Waals surface area contributed by atoms with Crippen molar-refractivity contribution >= 4 is 22.6 Å². The molecular formula is C29H32ClN7O3. The molecular weight excluding hydrogens is 530 g/mol. The van der Waals surface area contributed by atoms with Crippen molar-refractivity contribution in [1.29, 1.82) is 0 Å². The van der Waals surface area contributed by atoms with Gasteiger partial charge < -0.3 is 9.30 Å². The van der Waals surface area contributed by atoms with Gasteiger partial charge in [-0.1, -0.05) is 61.9 Å². The second kappa shape index (κ2) is 12.5. The number of aryl methyl sites for hydroxylation is 1. The van der Waals surface area contributed by atoms with Gasteiger partial charge in [0, 0.05) is 49.6 Å². The third-order valence-corrected chi connectivity index (χ3v) is 7.20. The van der Waals surface area contributed by atoms with Crippen LogP contribution in [0.15, 0.2) is 58.4 Å². The Morgan fingerprint density at radius 3 is 2.60 bits per heavy atom. The van der Waals surface area contributed by atoms with Crippen molar-refractivity contribution in [2.75, 3.05) is 6.61 Å². The van der Waals surface area contributed by atoms with Gasteiger partial charge >= 0.3 is 5.76 Å². The molecule has 10 nitrogen and oxygen atoms in total. The van der Waals surface area contributed by atoms with Crippen LogP contribution in [-0.2, 0) is 11.8 Å². The number of aromatic nitrogens is 7. The molecule has 40 heavy (non-hydrogen) atoms. The summed E-state index contributed by atoms with van der Waals surface area (Å²) in [6.45, 7) is 4.77. The van der Waals surface area contributed by atoms with Gasteiger partial charge in [-0.15, -0.1) is 0 Å². The first-order valence-electron chi connectivity index (χ1n) is 13.5. The molecule has 0 amide bonds. The Bertz CT molecular complexity index is 1620. The van der Waals surface area contributed by atoms with E-state index in [4.69, 9.17) is 26.3 Å². The number of aromatic amines is 1. The highest BCUT2D eigenvalue weighted by Gasteiger charge is 2.25. The molecule has 0 radical (unpaired) electrons. The fourth-order valence-electron chi connectivity index (χ4n) is 5.02. The first kappa shape index (κ1) is 27.7. The van der Waals surface area contributed by atoms with E-state index in [2.05, 4.69) is 31.6 Å². The van der Waals surface area contributed by atoms with Gasteiger partial charge in [0.1, 0.15) is 17.6 Å². The average molecular weight is 562 g/mol. The first-order chi connectivity index (χ1) is 19.4. The van der Waals surface area contributed by atoms with Crippen LogP contribution in [0, 0.1) is 5.92 Å². The third kappa shape index (κ3) is 6.13. The molecule has 208 valence electrons. The Hall–Kier alpha value is -3.89. The molecule has 0 aromatic carbocycles. The van der Waals surface area contributed by atoms with Gasteiger partial charge in [0.25, 0.3) is 0 Å². The summed E-state index contributed by atoms with van der Waals surface area (Å²) < 4.78 is 12.7. The molecule has 0 saturated heterocycles. The fraction of sp³-hybridized carbons (Fsp3) is 0.379. The molecule has 11 heteroatoms. The minimum absolute atomic E-state index is 0.193. The molecule has 0 spiro atoms. The van der Waals surface area contributed by atoms with Gasteiger partial charge in [0.15, 0.2) is 0 Å². The Morgan fingerprint density at radius 2 is 1.98 bits per heavy atom. The highest BCUT2D eigenvalue weighted by atomic mass is 35.5. The lowest BCUT2D eigenvalue weighted by Crippen LogP contribution is -2.12. The number of nitrogens with one attached hydrogen (secondary N) is 1. The number of pyridine rings is 3. The summed E-state index contributed by atoms with van der Waals surface area (Å²) in [5.41, 5.74) is 3.90. The standard InChI is InChI=1S/C22H18ClN7O3.C7H14/c1-3-32-19(12-5-4-6-24-9-12)21-27-15-8-16(20-28-22(31)33-29-20)26-17(18(15)30(21)2)13-7-14(23)11-25-10-13;1-7-5-3-2-4-6-7/h4-11,19H,3H2,1-2H3,(H,28,29,31);7H,2-6H2,1H3. The van der Waals surface area contributed by atoms with E-state index < -0.39 is 11.9 Å². The lowest BCUT2D eigenvalue weighted by Gasteiger charge is -2.17. The zero-order chi connectivity index (χ0) is 28.1. The number of H-pyrrole nitrogens is 1. The fourth-order valence-corrected chi connectivity index (χ4v) is 5.19. The molecule has 5 aromatic heterocycles. The molecule has 1 aliphatic rings. The maximum absolute atomic E-state index is 11.5. The van der Waals surface area contributed by atoms with Crippen LogP contribution in [0.3, 0.4) is 0 Å². The van der Waals surface area contributed by atoms with E-state index in [0.717, 1.165) is 17.0 Å². The van der Waals surface area contributed by atoms with Crippen LogP contribution in [0.4, 0.5) is 0 Å². The van der Waals surface area contributed by atoms with E-state index in [1.807, 2.05) is 30.7 Å². The van der Waals surface area contributed by atoms with Crippen molar-refractivity contribution in [3.05, 3.63) is 76.0 Å². The van der Waals surface area contributed by atoms with Gasteiger partial charge in [-0.2, -0.15) is 0 Å². The lowest BCUT2D eigenvalue weighted by atomic mass is 9.91. The predicted octanol–water partition coefficient (Wildman–Crippen LogP) is 6.13. The largest absolute Gasteiger partial charge is 0.439 e. The van der Waals surface area contributed by atoms with E-state index in [0.29, 0.717) is 39.9 Å². The van der Waals surface area contributed by atoms with Crippen LogP contribution in [0.1, 0.15) is 63.4 Å². The molecule has 1 aliphatic carbocycles. The number of ether oxygens (including phenoxy) is 1. The van der Waals surface area contributed by atoms with Crippen molar-refractivity contribution in [2.24, 2.45) is 13.0 Å². The monoisotopic (exact) mass is 561 g/mol. The van der Waals surface area contributed by atoms with Crippen molar-refractivity contribution in [3.63, 3.8) is 0 Å². The molecule has 1 unspecified atom stereocenters. The van der Waals surface area contributed by atoms with E-state index >= 15 is 0 Å². The molecule has 1 fully saturated rings. The quantitative estimate of drug-likeness (QED) is 0.262. The zero-order valence-corrected chi connectivity index (χ0v) is 23.6. The highest BCUT2D eigenvalue weighted by molar-refractivity contribution is 6.30. The smallest absolute Gasteiger partial charge is 0.366 e. The summed E-state index contributed by atoms with van der Waals surface area (Å²) in [7, 11) is 1.90. The third-order valence-electron chi connectivity index (χ3n) is 7.00. The molecule has 1 N–H and O–H groups in total. The van der Waals surface area contributed by atoms with E-state index in [-0.39, 0.29) is 5.82 Å². The number of halogens is 1. The van der Waals surface area contributed by atoms with Crippen LogP contribution >= 0.6 is 11.6 Å². The summed E-state index contributed by atoms with van der Waals surface area (Å²) in [5, 5.41) is 4.24. The average Bonchev–Trinajstić information content (AvgIpc) is 3.55. The van der Waals surface area contributed by atoms with Gasteiger partial charge in [0.05, 0.1) is 21.7 Å². The Labute approximate surface area is 236 Å².